The van der Waals surface area contributed by atoms with Gasteiger partial charge < -0.3 is 44.2 Å². The van der Waals surface area contributed by atoms with Gasteiger partial charge in [-0.3, -0.25) is 9.59 Å². The summed E-state index contributed by atoms with van der Waals surface area (Å²) < 4.78 is 23.1. The van der Waals surface area contributed by atoms with Gasteiger partial charge in [-0.2, -0.15) is 0 Å². The first-order chi connectivity index (χ1) is 21.3. The zero-order chi connectivity index (χ0) is 31.0. The Morgan fingerprint density at radius 1 is 1.16 bits per heavy atom. The molecule has 1 aliphatic carbocycles. The summed E-state index contributed by atoms with van der Waals surface area (Å²) in [5, 5.41) is 34.4. The van der Waals surface area contributed by atoms with Crippen molar-refractivity contribution in [2.75, 3.05) is 33.4 Å². The first-order valence-electron chi connectivity index (χ1n) is 14.6. The molecule has 0 radical (unpaired) electrons. The maximum absolute atomic E-state index is 14.2. The van der Waals surface area contributed by atoms with E-state index in [1.54, 1.807) is 36.4 Å². The molecule has 1 saturated heterocycles. The molecule has 0 unspecified atom stereocenters. The van der Waals surface area contributed by atoms with Gasteiger partial charge in [0.2, 0.25) is 5.91 Å². The SMILES string of the molecule is COc1cc(CO)cc2c1O[C@@H]1[C@@H](O)[C@H](N(C[C@H]3CCCO3)C(=O)c3cc4ccccc4oc3=O)C=C(C(=O)NCCO)[C@H]21. The smallest absolute Gasteiger partial charge is 0.349 e. The number of fused-ring (bicyclic) bond motifs is 4. The van der Waals surface area contributed by atoms with E-state index in [2.05, 4.69) is 5.32 Å². The molecule has 1 aromatic heterocycles. The maximum atomic E-state index is 14.2. The summed E-state index contributed by atoms with van der Waals surface area (Å²) in [7, 11) is 1.45. The van der Waals surface area contributed by atoms with E-state index in [4.69, 9.17) is 18.6 Å². The van der Waals surface area contributed by atoms with Crippen LogP contribution >= 0.6 is 0 Å². The monoisotopic (exact) mass is 606 g/mol. The topological polar surface area (TPSA) is 168 Å². The van der Waals surface area contributed by atoms with Crippen LogP contribution in [0.4, 0.5) is 0 Å². The lowest BCUT2D eigenvalue weighted by Gasteiger charge is -2.41. The number of carbonyl (C=O) groups is 2. The minimum absolute atomic E-state index is 0.0226. The van der Waals surface area contributed by atoms with Gasteiger partial charge in [-0.25, -0.2) is 4.79 Å². The minimum atomic E-state index is -1.35. The van der Waals surface area contributed by atoms with Crippen molar-refractivity contribution in [3.05, 3.63) is 81.2 Å². The molecule has 2 aromatic carbocycles. The van der Waals surface area contributed by atoms with Crippen LogP contribution in [0.25, 0.3) is 11.0 Å². The summed E-state index contributed by atoms with van der Waals surface area (Å²) in [5.74, 6) is -1.36. The lowest BCUT2D eigenvalue weighted by atomic mass is 9.77. The number of carbonyl (C=O) groups excluding carboxylic acids is 2. The largest absolute Gasteiger partial charge is 0.493 e. The van der Waals surface area contributed by atoms with Crippen LogP contribution in [0.5, 0.6) is 11.5 Å². The summed E-state index contributed by atoms with van der Waals surface area (Å²) >= 11 is 0. The van der Waals surface area contributed by atoms with E-state index in [1.807, 2.05) is 0 Å². The van der Waals surface area contributed by atoms with E-state index in [1.165, 1.54) is 24.2 Å². The third kappa shape index (κ3) is 5.34. The minimum Gasteiger partial charge on any atom is -0.493 e. The second kappa shape index (κ2) is 12.4. The fourth-order valence-corrected chi connectivity index (χ4v) is 6.33. The second-order valence-corrected chi connectivity index (χ2v) is 11.1. The van der Waals surface area contributed by atoms with Crippen LogP contribution in [-0.4, -0.2) is 89.8 Å². The molecule has 0 saturated carbocycles. The predicted molar refractivity (Wildman–Crippen MR) is 157 cm³/mol. The molecule has 12 nitrogen and oxygen atoms in total. The summed E-state index contributed by atoms with van der Waals surface area (Å²) in [6, 6.07) is 10.5. The third-order valence-corrected chi connectivity index (χ3v) is 8.41. The molecule has 44 heavy (non-hydrogen) atoms. The molecule has 3 aromatic rings. The maximum Gasteiger partial charge on any atom is 0.349 e. The summed E-state index contributed by atoms with van der Waals surface area (Å²) in [4.78, 5) is 42.2. The molecule has 5 atom stereocenters. The van der Waals surface area contributed by atoms with E-state index in [0.29, 0.717) is 46.6 Å². The highest BCUT2D eigenvalue weighted by atomic mass is 16.5. The van der Waals surface area contributed by atoms with Crippen LogP contribution in [0, 0.1) is 0 Å². The van der Waals surface area contributed by atoms with E-state index in [9.17, 15) is 29.7 Å². The van der Waals surface area contributed by atoms with Crippen molar-refractivity contribution in [1.82, 2.24) is 10.2 Å². The van der Waals surface area contributed by atoms with Crippen molar-refractivity contribution in [3.63, 3.8) is 0 Å². The number of hydrogen-bond donors (Lipinski definition) is 4. The van der Waals surface area contributed by atoms with Crippen molar-refractivity contribution in [3.8, 4) is 11.5 Å². The lowest BCUT2D eigenvalue weighted by molar-refractivity contribution is -0.118. The fourth-order valence-electron chi connectivity index (χ4n) is 6.33. The van der Waals surface area contributed by atoms with Crippen LogP contribution in [0.2, 0.25) is 0 Å². The Labute approximate surface area is 252 Å². The second-order valence-electron chi connectivity index (χ2n) is 11.1. The van der Waals surface area contributed by atoms with Gasteiger partial charge in [0.15, 0.2) is 11.5 Å². The highest BCUT2D eigenvalue weighted by Gasteiger charge is 2.52. The van der Waals surface area contributed by atoms with Gasteiger partial charge >= 0.3 is 5.63 Å². The number of amides is 2. The number of para-hydroxylation sites is 1. The zero-order valence-electron chi connectivity index (χ0n) is 24.1. The summed E-state index contributed by atoms with van der Waals surface area (Å²) in [5.41, 5.74) is 0.537. The number of aliphatic hydroxyl groups is 3. The zero-order valence-corrected chi connectivity index (χ0v) is 24.1. The molecule has 2 aliphatic heterocycles. The molecular formula is C32H34N2O10. The predicted octanol–water partition coefficient (Wildman–Crippen LogP) is 1.24. The highest BCUT2D eigenvalue weighted by molar-refractivity contribution is 5.98. The molecule has 1 fully saturated rings. The molecule has 3 aliphatic rings. The molecule has 0 spiro atoms. The standard InChI is InChI=1S/C32H34N2O10/c1-41-25-12-17(16-36)11-20-26-21(30(38)33-8-9-35)14-23(27(37)29(26)44-28(20)25)34(15-19-6-4-10-42-19)31(39)22-13-18-5-2-3-7-24(18)43-32(22)40/h2-3,5,7,11-14,19,23,26-27,29,35-37H,4,6,8-10,15-16H2,1H3,(H,33,38)/t19-,23-,26+,27+,29+/m1/s1. The lowest BCUT2D eigenvalue weighted by Crippen LogP contribution is -2.57. The van der Waals surface area contributed by atoms with Crippen molar-refractivity contribution in [1.29, 1.82) is 0 Å². The number of aliphatic hydroxyl groups excluding tert-OH is 3. The molecule has 0 bridgehead atoms. The number of hydrogen-bond acceptors (Lipinski definition) is 10. The molecule has 6 rings (SSSR count). The molecule has 12 heteroatoms. The number of rotatable bonds is 9. The van der Waals surface area contributed by atoms with Crippen LogP contribution in [0.3, 0.4) is 0 Å². The number of ether oxygens (including phenoxy) is 3. The van der Waals surface area contributed by atoms with Crippen LogP contribution in [-0.2, 0) is 16.1 Å². The number of methoxy groups -OCH3 is 1. The van der Waals surface area contributed by atoms with Gasteiger partial charge in [0.25, 0.3) is 5.91 Å². The Kier molecular flexibility index (Phi) is 8.41. The van der Waals surface area contributed by atoms with Crippen molar-refractivity contribution < 1.29 is 43.5 Å². The van der Waals surface area contributed by atoms with Crippen LogP contribution < -0.4 is 20.4 Å². The molecule has 232 valence electrons. The first-order valence-corrected chi connectivity index (χ1v) is 14.6. The van der Waals surface area contributed by atoms with Gasteiger partial charge in [-0.1, -0.05) is 18.2 Å². The Bertz CT molecular complexity index is 1660. The average Bonchev–Trinajstić information content (AvgIpc) is 3.70. The first kappa shape index (κ1) is 29.8. The Hall–Kier alpha value is -4.23. The van der Waals surface area contributed by atoms with Crippen LogP contribution in [0.1, 0.15) is 40.2 Å². The van der Waals surface area contributed by atoms with E-state index >= 15 is 0 Å². The number of nitrogens with one attached hydrogen (secondary N) is 1. The van der Waals surface area contributed by atoms with E-state index in [0.717, 1.165) is 6.42 Å². The summed E-state index contributed by atoms with van der Waals surface area (Å²) in [6.07, 6.45) is 0.253. The van der Waals surface area contributed by atoms with Gasteiger partial charge in [-0.15, -0.1) is 0 Å². The van der Waals surface area contributed by atoms with Gasteiger partial charge in [0.05, 0.1) is 38.4 Å². The van der Waals surface area contributed by atoms with E-state index < -0.39 is 41.6 Å². The molecule has 3 heterocycles. The van der Waals surface area contributed by atoms with Crippen molar-refractivity contribution in [2.45, 2.75) is 49.7 Å². The van der Waals surface area contributed by atoms with Crippen molar-refractivity contribution in [2.24, 2.45) is 0 Å². The fraction of sp³-hybridized carbons (Fsp3) is 0.406. The summed E-state index contributed by atoms with van der Waals surface area (Å²) in [6.45, 7) is -0.0583. The Balaban J connectivity index is 1.46. The third-order valence-electron chi connectivity index (χ3n) is 8.41. The number of nitrogens with zero attached hydrogens (tertiary/aromatic N) is 1. The van der Waals surface area contributed by atoms with Gasteiger partial charge in [0, 0.05) is 36.2 Å². The highest BCUT2D eigenvalue weighted by Crippen LogP contribution is 2.51. The molecule has 4 N–H and O–H groups in total. The normalized spacial score (nSPS) is 23.8. The Morgan fingerprint density at radius 2 is 1.98 bits per heavy atom. The number of benzene rings is 2. The van der Waals surface area contributed by atoms with Gasteiger partial charge in [-0.05, 0) is 48.7 Å². The van der Waals surface area contributed by atoms with E-state index in [-0.39, 0.29) is 43.5 Å². The average molecular weight is 607 g/mol. The van der Waals surface area contributed by atoms with Crippen LogP contribution in [0.15, 0.2) is 63.3 Å². The Morgan fingerprint density at radius 3 is 2.70 bits per heavy atom. The van der Waals surface area contributed by atoms with Crippen molar-refractivity contribution >= 4 is 22.8 Å². The van der Waals surface area contributed by atoms with Gasteiger partial charge in [0.1, 0.15) is 23.4 Å². The molecular weight excluding hydrogens is 572 g/mol. The molecule has 2 amide bonds. The quantitative estimate of drug-likeness (QED) is 0.260.